The summed E-state index contributed by atoms with van der Waals surface area (Å²) in [5.41, 5.74) is 2.83. The molecule has 0 aliphatic carbocycles. The van der Waals surface area contributed by atoms with Crippen LogP contribution < -0.4 is 5.32 Å². The molecule has 0 saturated heterocycles. The van der Waals surface area contributed by atoms with E-state index in [2.05, 4.69) is 20.4 Å². The van der Waals surface area contributed by atoms with Crippen molar-refractivity contribution in [2.75, 3.05) is 11.1 Å². The van der Waals surface area contributed by atoms with Gasteiger partial charge in [0.15, 0.2) is 0 Å². The Bertz CT molecular complexity index is 1160. The Kier molecular flexibility index (Phi) is 5.85. The lowest BCUT2D eigenvalue weighted by Gasteiger charge is -2.08. The summed E-state index contributed by atoms with van der Waals surface area (Å²) < 4.78 is 18.5. The third-order valence-electron chi connectivity index (χ3n) is 4.25. The molecule has 0 aliphatic rings. The summed E-state index contributed by atoms with van der Waals surface area (Å²) in [6.07, 6.45) is 1.63. The number of thioether (sulfide) groups is 1. The highest BCUT2D eigenvalue weighted by Gasteiger charge is 2.12. The Balaban J connectivity index is 1.36. The Labute approximate surface area is 176 Å². The molecule has 0 bridgehead atoms. The molecule has 2 heterocycles. The van der Waals surface area contributed by atoms with E-state index in [1.807, 2.05) is 36.4 Å². The van der Waals surface area contributed by atoms with Gasteiger partial charge in [0.25, 0.3) is 5.89 Å². The minimum atomic E-state index is -0.332. The van der Waals surface area contributed by atoms with E-state index in [1.165, 1.54) is 23.9 Å². The molecule has 1 N–H and O–H groups in total. The van der Waals surface area contributed by atoms with E-state index in [-0.39, 0.29) is 17.5 Å². The maximum absolute atomic E-state index is 13.2. The van der Waals surface area contributed by atoms with Crippen molar-refractivity contribution in [1.82, 2.24) is 15.1 Å². The van der Waals surface area contributed by atoms with E-state index >= 15 is 0 Å². The van der Waals surface area contributed by atoms with Crippen LogP contribution in [0.4, 0.5) is 10.1 Å². The van der Waals surface area contributed by atoms with Gasteiger partial charge in [0.2, 0.25) is 11.7 Å². The summed E-state index contributed by atoms with van der Waals surface area (Å²) in [5.74, 6) is 0.549. The van der Waals surface area contributed by atoms with Crippen molar-refractivity contribution in [2.45, 2.75) is 11.9 Å². The fraction of sp³-hybridized carbons (Fsp3) is 0.0909. The first-order chi connectivity index (χ1) is 14.6. The van der Waals surface area contributed by atoms with Crippen molar-refractivity contribution in [3.8, 4) is 22.8 Å². The van der Waals surface area contributed by atoms with Gasteiger partial charge in [-0.05, 0) is 42.8 Å². The highest BCUT2D eigenvalue weighted by atomic mass is 32.2. The standard InChI is InChI=1S/C22H17FN4O2S/c1-14-11-17(23)8-9-18(14)25-19(28)13-30-20-10-7-16(12-24-20)22-26-21(27-29-22)15-5-3-2-4-6-15/h2-12H,13H2,1H3,(H,25,28). The van der Waals surface area contributed by atoms with Crippen LogP contribution >= 0.6 is 11.8 Å². The number of carbonyl (C=O) groups is 1. The van der Waals surface area contributed by atoms with Crippen molar-refractivity contribution in [2.24, 2.45) is 0 Å². The Hall–Kier alpha value is -3.52. The summed E-state index contributed by atoms with van der Waals surface area (Å²) in [5, 5.41) is 7.46. The van der Waals surface area contributed by atoms with Crippen molar-refractivity contribution < 1.29 is 13.7 Å². The second-order valence-electron chi connectivity index (χ2n) is 6.47. The van der Waals surface area contributed by atoms with Crippen molar-refractivity contribution in [1.29, 1.82) is 0 Å². The van der Waals surface area contributed by atoms with Gasteiger partial charge in [0.1, 0.15) is 5.82 Å². The van der Waals surface area contributed by atoms with Gasteiger partial charge in [-0.2, -0.15) is 4.98 Å². The second kappa shape index (κ2) is 8.87. The molecule has 8 heteroatoms. The van der Waals surface area contributed by atoms with Crippen LogP contribution in [0.3, 0.4) is 0 Å². The number of hydrogen-bond acceptors (Lipinski definition) is 6. The van der Waals surface area contributed by atoms with Gasteiger partial charge in [-0.25, -0.2) is 9.37 Å². The topological polar surface area (TPSA) is 80.9 Å². The van der Waals surface area contributed by atoms with Gasteiger partial charge in [0, 0.05) is 17.4 Å². The molecule has 0 fully saturated rings. The molecule has 0 radical (unpaired) electrons. The quantitative estimate of drug-likeness (QED) is 0.443. The van der Waals surface area contributed by atoms with E-state index in [9.17, 15) is 9.18 Å². The molecule has 0 unspecified atom stereocenters. The molecular weight excluding hydrogens is 403 g/mol. The summed E-state index contributed by atoms with van der Waals surface area (Å²) in [6, 6.07) is 17.4. The number of anilines is 1. The lowest BCUT2D eigenvalue weighted by molar-refractivity contribution is -0.113. The molecule has 150 valence electrons. The SMILES string of the molecule is Cc1cc(F)ccc1NC(=O)CSc1ccc(-c2nc(-c3ccccc3)no2)cn1. The average Bonchev–Trinajstić information content (AvgIpc) is 3.26. The molecule has 4 rings (SSSR count). The zero-order chi connectivity index (χ0) is 20.9. The number of pyridine rings is 1. The smallest absolute Gasteiger partial charge is 0.259 e. The highest BCUT2D eigenvalue weighted by molar-refractivity contribution is 7.99. The molecule has 0 spiro atoms. The summed E-state index contributed by atoms with van der Waals surface area (Å²) in [7, 11) is 0. The normalized spacial score (nSPS) is 10.7. The lowest BCUT2D eigenvalue weighted by Crippen LogP contribution is -2.15. The molecule has 0 aliphatic heterocycles. The minimum Gasteiger partial charge on any atom is -0.334 e. The summed E-state index contributed by atoms with van der Waals surface area (Å²) >= 11 is 1.30. The average molecular weight is 420 g/mol. The summed E-state index contributed by atoms with van der Waals surface area (Å²) in [4.78, 5) is 20.9. The molecule has 0 atom stereocenters. The maximum atomic E-state index is 13.2. The number of aromatic nitrogens is 3. The number of carbonyl (C=O) groups excluding carboxylic acids is 1. The molecule has 1 amide bonds. The number of benzene rings is 2. The van der Waals surface area contributed by atoms with Crippen molar-refractivity contribution in [3.63, 3.8) is 0 Å². The van der Waals surface area contributed by atoms with Crippen LogP contribution in [-0.2, 0) is 4.79 Å². The monoisotopic (exact) mass is 420 g/mol. The Morgan fingerprint density at radius 3 is 2.67 bits per heavy atom. The lowest BCUT2D eigenvalue weighted by atomic mass is 10.2. The van der Waals surface area contributed by atoms with Gasteiger partial charge in [-0.1, -0.05) is 47.3 Å². The number of aryl methyl sites for hydroxylation is 1. The number of rotatable bonds is 6. The number of nitrogens with zero attached hydrogens (tertiary/aromatic N) is 3. The van der Waals surface area contributed by atoms with E-state index < -0.39 is 0 Å². The Morgan fingerprint density at radius 2 is 1.93 bits per heavy atom. The van der Waals surface area contributed by atoms with Crippen LogP contribution in [0, 0.1) is 12.7 Å². The maximum Gasteiger partial charge on any atom is 0.259 e. The first kappa shape index (κ1) is 19.8. The first-order valence-corrected chi connectivity index (χ1v) is 10.1. The van der Waals surface area contributed by atoms with Crippen LogP contribution in [0.15, 0.2) is 76.4 Å². The van der Waals surface area contributed by atoms with Gasteiger partial charge < -0.3 is 9.84 Å². The van der Waals surface area contributed by atoms with Crippen molar-refractivity contribution in [3.05, 3.63) is 78.2 Å². The van der Waals surface area contributed by atoms with Crippen LogP contribution in [0.1, 0.15) is 5.56 Å². The van der Waals surface area contributed by atoms with Crippen LogP contribution in [-0.4, -0.2) is 26.8 Å². The summed E-state index contributed by atoms with van der Waals surface area (Å²) in [6.45, 7) is 1.74. The predicted molar refractivity (Wildman–Crippen MR) is 113 cm³/mol. The molecular formula is C22H17FN4O2S. The van der Waals surface area contributed by atoms with Gasteiger partial charge in [-0.3, -0.25) is 4.79 Å². The van der Waals surface area contributed by atoms with Crippen LogP contribution in [0.25, 0.3) is 22.8 Å². The molecule has 4 aromatic rings. The van der Waals surface area contributed by atoms with Crippen LogP contribution in [0.2, 0.25) is 0 Å². The zero-order valence-electron chi connectivity index (χ0n) is 16.0. The van der Waals surface area contributed by atoms with Gasteiger partial charge >= 0.3 is 0 Å². The Morgan fingerprint density at radius 1 is 1.10 bits per heavy atom. The number of halogens is 1. The molecule has 0 saturated carbocycles. The van der Waals surface area contributed by atoms with E-state index in [4.69, 9.17) is 4.52 Å². The molecule has 2 aromatic carbocycles. The predicted octanol–water partition coefficient (Wildman–Crippen LogP) is 4.98. The minimum absolute atomic E-state index is 0.182. The number of hydrogen-bond donors (Lipinski definition) is 1. The molecule has 6 nitrogen and oxygen atoms in total. The number of nitrogens with one attached hydrogen (secondary N) is 1. The second-order valence-corrected chi connectivity index (χ2v) is 7.47. The van der Waals surface area contributed by atoms with Gasteiger partial charge in [0.05, 0.1) is 16.3 Å². The molecule has 2 aromatic heterocycles. The van der Waals surface area contributed by atoms with Crippen molar-refractivity contribution >= 4 is 23.4 Å². The highest BCUT2D eigenvalue weighted by Crippen LogP contribution is 2.24. The molecule has 30 heavy (non-hydrogen) atoms. The van der Waals surface area contributed by atoms with E-state index in [1.54, 1.807) is 25.3 Å². The third kappa shape index (κ3) is 4.72. The van der Waals surface area contributed by atoms with E-state index in [0.717, 1.165) is 5.56 Å². The fourth-order valence-corrected chi connectivity index (χ4v) is 3.37. The first-order valence-electron chi connectivity index (χ1n) is 9.13. The number of amides is 1. The third-order valence-corrected chi connectivity index (χ3v) is 5.20. The van der Waals surface area contributed by atoms with Crippen LogP contribution in [0.5, 0.6) is 0 Å². The van der Waals surface area contributed by atoms with E-state index in [0.29, 0.717) is 33.6 Å². The largest absolute Gasteiger partial charge is 0.334 e. The van der Waals surface area contributed by atoms with Gasteiger partial charge in [-0.15, -0.1) is 0 Å². The zero-order valence-corrected chi connectivity index (χ0v) is 16.8. The fourth-order valence-electron chi connectivity index (χ4n) is 2.73.